The van der Waals surface area contributed by atoms with Gasteiger partial charge in [0.05, 0.1) is 19.3 Å². The largest absolute Gasteiger partial charge is 0.493 e. The third-order valence-corrected chi connectivity index (χ3v) is 2.54. The summed E-state index contributed by atoms with van der Waals surface area (Å²) in [5.41, 5.74) is 0.990. The first-order valence-corrected chi connectivity index (χ1v) is 4.41. The van der Waals surface area contributed by atoms with Crippen molar-refractivity contribution in [3.05, 3.63) is 11.9 Å². The summed E-state index contributed by atoms with van der Waals surface area (Å²) in [6.45, 7) is 1.98. The summed E-state index contributed by atoms with van der Waals surface area (Å²) in [5, 5.41) is 4.40. The van der Waals surface area contributed by atoms with Gasteiger partial charge in [0.1, 0.15) is 5.69 Å². The van der Waals surface area contributed by atoms with E-state index >= 15 is 0 Å². The number of hydrogen-bond acceptors (Lipinski definition) is 2. The molecular formula is C9H14N2O. The van der Waals surface area contributed by atoms with Crippen LogP contribution in [0.1, 0.15) is 31.0 Å². The number of ether oxygens (including phenoxy) is 1. The van der Waals surface area contributed by atoms with E-state index in [0.29, 0.717) is 6.04 Å². The van der Waals surface area contributed by atoms with Gasteiger partial charge < -0.3 is 4.74 Å². The standard InChI is InChI=1S/C9H14N2O/c1-7-9(12-2)6-11(10-7)8-4-3-5-8/h6,8H,3-5H2,1-2H3. The average Bonchev–Trinajstić information content (AvgIpc) is 2.27. The highest BCUT2D eigenvalue weighted by atomic mass is 16.5. The Kier molecular flexibility index (Phi) is 1.79. The second-order valence-corrected chi connectivity index (χ2v) is 3.35. The molecule has 1 aliphatic carbocycles. The Morgan fingerprint density at radius 2 is 2.33 bits per heavy atom. The summed E-state index contributed by atoms with van der Waals surface area (Å²) >= 11 is 0. The van der Waals surface area contributed by atoms with Gasteiger partial charge in [-0.15, -0.1) is 0 Å². The Bertz CT molecular complexity index is 276. The van der Waals surface area contributed by atoms with E-state index in [1.807, 2.05) is 17.8 Å². The van der Waals surface area contributed by atoms with Crippen molar-refractivity contribution >= 4 is 0 Å². The van der Waals surface area contributed by atoms with Gasteiger partial charge in [0.15, 0.2) is 5.75 Å². The molecule has 1 aromatic heterocycles. The number of rotatable bonds is 2. The number of aryl methyl sites for hydroxylation is 1. The maximum Gasteiger partial charge on any atom is 0.159 e. The summed E-state index contributed by atoms with van der Waals surface area (Å²) in [4.78, 5) is 0. The fourth-order valence-electron chi connectivity index (χ4n) is 1.50. The van der Waals surface area contributed by atoms with Crippen LogP contribution in [0.2, 0.25) is 0 Å². The molecule has 0 spiro atoms. The molecule has 0 aromatic carbocycles. The zero-order valence-electron chi connectivity index (χ0n) is 7.58. The molecule has 0 radical (unpaired) electrons. The van der Waals surface area contributed by atoms with Crippen molar-refractivity contribution in [2.75, 3.05) is 7.11 Å². The van der Waals surface area contributed by atoms with Gasteiger partial charge in [-0.1, -0.05) is 0 Å². The lowest BCUT2D eigenvalue weighted by Gasteiger charge is -2.25. The molecule has 12 heavy (non-hydrogen) atoms. The first-order chi connectivity index (χ1) is 5.81. The van der Waals surface area contributed by atoms with Gasteiger partial charge in [-0.2, -0.15) is 5.10 Å². The Balaban J connectivity index is 2.21. The Morgan fingerprint density at radius 3 is 2.75 bits per heavy atom. The normalized spacial score (nSPS) is 17.5. The number of methoxy groups -OCH3 is 1. The summed E-state index contributed by atoms with van der Waals surface area (Å²) in [5.74, 6) is 0.905. The van der Waals surface area contributed by atoms with Gasteiger partial charge in [0.25, 0.3) is 0 Å². The van der Waals surface area contributed by atoms with E-state index in [2.05, 4.69) is 5.10 Å². The molecule has 0 aliphatic heterocycles. The van der Waals surface area contributed by atoms with Crippen LogP contribution >= 0.6 is 0 Å². The number of aromatic nitrogens is 2. The van der Waals surface area contributed by atoms with E-state index in [0.717, 1.165) is 11.4 Å². The van der Waals surface area contributed by atoms with Gasteiger partial charge >= 0.3 is 0 Å². The molecule has 3 nitrogen and oxygen atoms in total. The Hall–Kier alpha value is -0.990. The topological polar surface area (TPSA) is 27.1 Å². The molecule has 0 saturated heterocycles. The van der Waals surface area contributed by atoms with Crippen molar-refractivity contribution < 1.29 is 4.74 Å². The van der Waals surface area contributed by atoms with Crippen LogP contribution in [0, 0.1) is 6.92 Å². The lowest BCUT2D eigenvalue weighted by Crippen LogP contribution is -2.17. The van der Waals surface area contributed by atoms with Crippen LogP contribution in [0.5, 0.6) is 5.75 Å². The smallest absolute Gasteiger partial charge is 0.159 e. The van der Waals surface area contributed by atoms with E-state index in [1.54, 1.807) is 7.11 Å². The zero-order chi connectivity index (χ0) is 8.55. The van der Waals surface area contributed by atoms with Crippen molar-refractivity contribution in [3.63, 3.8) is 0 Å². The van der Waals surface area contributed by atoms with Crippen LogP contribution in [0.4, 0.5) is 0 Å². The molecule has 0 amide bonds. The second kappa shape index (κ2) is 2.81. The highest BCUT2D eigenvalue weighted by Crippen LogP contribution is 2.32. The molecule has 1 saturated carbocycles. The van der Waals surface area contributed by atoms with Crippen LogP contribution in [-0.4, -0.2) is 16.9 Å². The van der Waals surface area contributed by atoms with E-state index in [9.17, 15) is 0 Å². The summed E-state index contributed by atoms with van der Waals surface area (Å²) < 4.78 is 7.20. The maximum absolute atomic E-state index is 5.16. The molecule has 1 fully saturated rings. The molecule has 0 atom stereocenters. The van der Waals surface area contributed by atoms with Gasteiger partial charge in [0.2, 0.25) is 0 Å². The summed E-state index contributed by atoms with van der Waals surface area (Å²) in [7, 11) is 1.69. The van der Waals surface area contributed by atoms with E-state index in [4.69, 9.17) is 4.74 Å². The highest BCUT2D eigenvalue weighted by Gasteiger charge is 2.21. The zero-order valence-corrected chi connectivity index (χ0v) is 7.58. The lowest BCUT2D eigenvalue weighted by atomic mass is 9.93. The van der Waals surface area contributed by atoms with Crippen molar-refractivity contribution in [2.24, 2.45) is 0 Å². The fraction of sp³-hybridized carbons (Fsp3) is 0.667. The lowest BCUT2D eigenvalue weighted by molar-refractivity contribution is 0.287. The number of nitrogens with zero attached hydrogens (tertiary/aromatic N) is 2. The van der Waals surface area contributed by atoms with Gasteiger partial charge in [-0.25, -0.2) is 0 Å². The molecule has 1 aliphatic rings. The van der Waals surface area contributed by atoms with Crippen molar-refractivity contribution in [1.82, 2.24) is 9.78 Å². The Labute approximate surface area is 72.3 Å². The molecule has 0 bridgehead atoms. The maximum atomic E-state index is 5.16. The van der Waals surface area contributed by atoms with Crippen LogP contribution in [0.15, 0.2) is 6.20 Å². The first kappa shape index (κ1) is 7.65. The predicted octanol–water partition coefficient (Wildman–Crippen LogP) is 1.93. The molecule has 1 aromatic rings. The van der Waals surface area contributed by atoms with Crippen LogP contribution in [0.25, 0.3) is 0 Å². The molecule has 0 unspecified atom stereocenters. The monoisotopic (exact) mass is 166 g/mol. The molecule has 66 valence electrons. The minimum atomic E-state index is 0.632. The second-order valence-electron chi connectivity index (χ2n) is 3.35. The van der Waals surface area contributed by atoms with Crippen LogP contribution < -0.4 is 4.74 Å². The minimum Gasteiger partial charge on any atom is -0.493 e. The van der Waals surface area contributed by atoms with Crippen molar-refractivity contribution in [3.8, 4) is 5.75 Å². The van der Waals surface area contributed by atoms with Crippen LogP contribution in [0.3, 0.4) is 0 Å². The first-order valence-electron chi connectivity index (χ1n) is 4.41. The van der Waals surface area contributed by atoms with Gasteiger partial charge in [-0.05, 0) is 26.2 Å². The third kappa shape index (κ3) is 1.09. The number of hydrogen-bond donors (Lipinski definition) is 0. The summed E-state index contributed by atoms with van der Waals surface area (Å²) in [6, 6.07) is 0.632. The molecule has 0 N–H and O–H groups in total. The summed E-state index contributed by atoms with van der Waals surface area (Å²) in [6.07, 6.45) is 5.87. The van der Waals surface area contributed by atoms with E-state index < -0.39 is 0 Å². The third-order valence-electron chi connectivity index (χ3n) is 2.54. The average molecular weight is 166 g/mol. The van der Waals surface area contributed by atoms with Gasteiger partial charge in [0, 0.05) is 0 Å². The highest BCUT2D eigenvalue weighted by molar-refractivity contribution is 5.23. The molecule has 3 heteroatoms. The van der Waals surface area contributed by atoms with Crippen molar-refractivity contribution in [2.45, 2.75) is 32.2 Å². The predicted molar refractivity (Wildman–Crippen MR) is 46.4 cm³/mol. The Morgan fingerprint density at radius 1 is 1.58 bits per heavy atom. The SMILES string of the molecule is COc1cn(C2CCC2)nc1C. The van der Waals surface area contributed by atoms with Crippen LogP contribution in [-0.2, 0) is 0 Å². The quantitative estimate of drug-likeness (QED) is 0.671. The molecule has 1 heterocycles. The van der Waals surface area contributed by atoms with Gasteiger partial charge in [-0.3, -0.25) is 4.68 Å². The molecule has 2 rings (SSSR count). The van der Waals surface area contributed by atoms with Crippen molar-refractivity contribution in [1.29, 1.82) is 0 Å². The minimum absolute atomic E-state index is 0.632. The fourth-order valence-corrected chi connectivity index (χ4v) is 1.50. The van der Waals surface area contributed by atoms with E-state index in [1.165, 1.54) is 19.3 Å². The molecular weight excluding hydrogens is 152 g/mol. The van der Waals surface area contributed by atoms with E-state index in [-0.39, 0.29) is 0 Å².